The first-order valence-electron chi connectivity index (χ1n) is 5.58. The number of halogens is 1. The van der Waals surface area contributed by atoms with Gasteiger partial charge in [-0.25, -0.2) is 4.98 Å². The molecule has 0 bridgehead atoms. The molecule has 1 atom stereocenters. The number of rotatable bonds is 2. The quantitative estimate of drug-likeness (QED) is 0.533. The lowest BCUT2D eigenvalue weighted by Crippen LogP contribution is -2.26. The smallest absolute Gasteiger partial charge is 0.282 e. The standard InChI is InChI=1S/C12H10IN5O/c13-9(7-4-2-1-3-5-7)18-11(19)8-10(16-6-15-8)17-12(18)14/h1-6,9H,(H2,14,17)(H,15,16). The van der Waals surface area contributed by atoms with Crippen molar-refractivity contribution in [2.24, 2.45) is 0 Å². The summed E-state index contributed by atoms with van der Waals surface area (Å²) in [5, 5.41) is 0. The van der Waals surface area contributed by atoms with E-state index >= 15 is 0 Å². The Bertz CT molecular complexity index is 780. The first-order chi connectivity index (χ1) is 9.18. The van der Waals surface area contributed by atoms with Crippen LogP contribution in [-0.2, 0) is 0 Å². The Morgan fingerprint density at radius 3 is 2.79 bits per heavy atom. The van der Waals surface area contributed by atoms with Crippen LogP contribution >= 0.6 is 22.6 Å². The average molecular weight is 367 g/mol. The van der Waals surface area contributed by atoms with Crippen LogP contribution in [0.4, 0.5) is 5.95 Å². The zero-order valence-electron chi connectivity index (χ0n) is 9.75. The van der Waals surface area contributed by atoms with Crippen LogP contribution < -0.4 is 11.3 Å². The molecule has 3 N–H and O–H groups in total. The predicted molar refractivity (Wildman–Crippen MR) is 81.2 cm³/mol. The number of aromatic nitrogens is 4. The Labute approximate surface area is 121 Å². The molecule has 0 radical (unpaired) electrons. The molecule has 0 saturated carbocycles. The fraction of sp³-hybridized carbons (Fsp3) is 0.0833. The first kappa shape index (κ1) is 12.2. The Morgan fingerprint density at radius 2 is 2.05 bits per heavy atom. The Hall–Kier alpha value is -1.90. The summed E-state index contributed by atoms with van der Waals surface area (Å²) in [6.45, 7) is 0. The Balaban J connectivity index is 2.22. The number of anilines is 1. The summed E-state index contributed by atoms with van der Waals surface area (Å²) in [5.41, 5.74) is 7.35. The summed E-state index contributed by atoms with van der Waals surface area (Å²) >= 11 is 2.16. The third-order valence-electron chi connectivity index (χ3n) is 2.82. The fourth-order valence-corrected chi connectivity index (χ4v) is 2.85. The number of nitrogen functional groups attached to an aromatic ring is 1. The molecule has 3 rings (SSSR count). The van der Waals surface area contributed by atoms with E-state index in [1.54, 1.807) is 0 Å². The van der Waals surface area contributed by atoms with Gasteiger partial charge in [0.15, 0.2) is 11.2 Å². The number of aromatic amines is 1. The molecule has 0 spiro atoms. The Kier molecular flexibility index (Phi) is 2.97. The maximum absolute atomic E-state index is 12.4. The van der Waals surface area contributed by atoms with Crippen molar-refractivity contribution in [1.82, 2.24) is 19.5 Å². The number of nitrogens with zero attached hydrogens (tertiary/aromatic N) is 3. The minimum atomic E-state index is -0.219. The number of nitrogens with two attached hydrogens (primary N) is 1. The summed E-state index contributed by atoms with van der Waals surface area (Å²) in [4.78, 5) is 23.3. The Morgan fingerprint density at radius 1 is 1.32 bits per heavy atom. The highest BCUT2D eigenvalue weighted by Crippen LogP contribution is 2.25. The van der Waals surface area contributed by atoms with Gasteiger partial charge in [0.05, 0.1) is 6.33 Å². The highest BCUT2D eigenvalue weighted by atomic mass is 127. The van der Waals surface area contributed by atoms with Crippen molar-refractivity contribution in [3.63, 3.8) is 0 Å². The lowest BCUT2D eigenvalue weighted by atomic mass is 10.2. The topological polar surface area (TPSA) is 89.6 Å². The van der Waals surface area contributed by atoms with Crippen LogP contribution in [-0.4, -0.2) is 19.5 Å². The number of H-pyrrole nitrogens is 1. The van der Waals surface area contributed by atoms with Crippen LogP contribution in [0.1, 0.15) is 9.61 Å². The molecule has 96 valence electrons. The molecule has 2 aromatic heterocycles. The van der Waals surface area contributed by atoms with Gasteiger partial charge < -0.3 is 10.7 Å². The van der Waals surface area contributed by atoms with Crippen molar-refractivity contribution in [3.05, 3.63) is 52.6 Å². The molecule has 7 heteroatoms. The lowest BCUT2D eigenvalue weighted by molar-refractivity contribution is 0.767. The third-order valence-corrected chi connectivity index (χ3v) is 4.10. The van der Waals surface area contributed by atoms with Crippen LogP contribution in [0.25, 0.3) is 11.2 Å². The van der Waals surface area contributed by atoms with E-state index in [2.05, 4.69) is 37.5 Å². The van der Waals surface area contributed by atoms with Gasteiger partial charge in [0.25, 0.3) is 5.56 Å². The molecule has 2 heterocycles. The van der Waals surface area contributed by atoms with E-state index in [4.69, 9.17) is 5.73 Å². The summed E-state index contributed by atoms with van der Waals surface area (Å²) in [5.74, 6) is 0.160. The summed E-state index contributed by atoms with van der Waals surface area (Å²) < 4.78 is 1.24. The monoisotopic (exact) mass is 367 g/mol. The van der Waals surface area contributed by atoms with Gasteiger partial charge in [0.2, 0.25) is 5.95 Å². The van der Waals surface area contributed by atoms with E-state index in [1.165, 1.54) is 10.9 Å². The molecule has 0 aliphatic heterocycles. The number of hydrogen-bond acceptors (Lipinski definition) is 4. The van der Waals surface area contributed by atoms with Gasteiger partial charge in [-0.15, -0.1) is 0 Å². The molecular weight excluding hydrogens is 357 g/mol. The van der Waals surface area contributed by atoms with Crippen LogP contribution in [0.15, 0.2) is 41.5 Å². The largest absolute Gasteiger partial charge is 0.369 e. The number of nitrogens with one attached hydrogen (secondary N) is 1. The number of hydrogen-bond donors (Lipinski definition) is 2. The van der Waals surface area contributed by atoms with Crippen molar-refractivity contribution in [2.45, 2.75) is 4.05 Å². The summed E-state index contributed by atoms with van der Waals surface area (Å²) in [7, 11) is 0. The van der Waals surface area contributed by atoms with Gasteiger partial charge in [-0.05, 0) is 5.56 Å². The van der Waals surface area contributed by atoms with Crippen molar-refractivity contribution in [2.75, 3.05) is 5.73 Å². The van der Waals surface area contributed by atoms with Gasteiger partial charge in [-0.1, -0.05) is 52.9 Å². The zero-order chi connectivity index (χ0) is 13.4. The van der Waals surface area contributed by atoms with Gasteiger partial charge in [-0.2, -0.15) is 4.98 Å². The van der Waals surface area contributed by atoms with Crippen LogP contribution in [0, 0.1) is 0 Å². The highest BCUT2D eigenvalue weighted by Gasteiger charge is 2.17. The molecule has 0 aliphatic carbocycles. The molecule has 0 fully saturated rings. The third kappa shape index (κ3) is 1.99. The second-order valence-electron chi connectivity index (χ2n) is 3.99. The van der Waals surface area contributed by atoms with E-state index in [1.807, 2.05) is 30.3 Å². The molecule has 0 amide bonds. The minimum absolute atomic E-state index is 0.160. The van der Waals surface area contributed by atoms with Gasteiger partial charge in [0.1, 0.15) is 4.05 Å². The SMILES string of the molecule is Nc1nc2nc[nH]c2c(=O)n1C(I)c1ccccc1. The molecule has 3 aromatic rings. The average Bonchev–Trinajstić information content (AvgIpc) is 2.88. The maximum Gasteiger partial charge on any atom is 0.282 e. The number of alkyl halides is 1. The van der Waals surface area contributed by atoms with Crippen molar-refractivity contribution >= 4 is 39.7 Å². The minimum Gasteiger partial charge on any atom is -0.369 e. The molecule has 19 heavy (non-hydrogen) atoms. The van der Waals surface area contributed by atoms with Crippen LogP contribution in [0.2, 0.25) is 0 Å². The second kappa shape index (κ2) is 4.65. The van der Waals surface area contributed by atoms with E-state index in [0.29, 0.717) is 11.2 Å². The van der Waals surface area contributed by atoms with Crippen LogP contribution in [0.3, 0.4) is 0 Å². The van der Waals surface area contributed by atoms with E-state index in [9.17, 15) is 4.79 Å². The molecule has 1 unspecified atom stereocenters. The molecular formula is C12H10IN5O. The van der Waals surface area contributed by atoms with E-state index in [0.717, 1.165) is 5.56 Å². The van der Waals surface area contributed by atoms with Gasteiger partial charge in [0, 0.05) is 0 Å². The predicted octanol–water partition coefficient (Wildman–Crippen LogP) is 1.68. The number of imidazole rings is 1. The molecule has 1 aromatic carbocycles. The molecule has 6 nitrogen and oxygen atoms in total. The van der Waals surface area contributed by atoms with E-state index in [-0.39, 0.29) is 15.6 Å². The molecule has 0 aliphatic rings. The first-order valence-corrected chi connectivity index (χ1v) is 6.83. The zero-order valence-corrected chi connectivity index (χ0v) is 11.9. The normalized spacial score (nSPS) is 12.7. The summed E-state index contributed by atoms with van der Waals surface area (Å²) in [6.07, 6.45) is 1.44. The molecule has 0 saturated heterocycles. The van der Waals surface area contributed by atoms with Crippen molar-refractivity contribution < 1.29 is 0 Å². The maximum atomic E-state index is 12.4. The number of fused-ring (bicyclic) bond motifs is 1. The highest BCUT2D eigenvalue weighted by molar-refractivity contribution is 14.1. The summed E-state index contributed by atoms with van der Waals surface area (Å²) in [6, 6.07) is 9.66. The fourth-order valence-electron chi connectivity index (χ4n) is 1.90. The van der Waals surface area contributed by atoms with E-state index < -0.39 is 0 Å². The van der Waals surface area contributed by atoms with Gasteiger partial charge >= 0.3 is 0 Å². The van der Waals surface area contributed by atoms with Crippen LogP contribution in [0.5, 0.6) is 0 Å². The lowest BCUT2D eigenvalue weighted by Gasteiger charge is -2.15. The van der Waals surface area contributed by atoms with Crippen molar-refractivity contribution in [1.29, 1.82) is 0 Å². The van der Waals surface area contributed by atoms with Crippen molar-refractivity contribution in [3.8, 4) is 0 Å². The van der Waals surface area contributed by atoms with Gasteiger partial charge in [-0.3, -0.25) is 9.36 Å². The second-order valence-corrected chi connectivity index (χ2v) is 5.17. The number of benzene rings is 1.